The van der Waals surface area contributed by atoms with Crippen LogP contribution < -0.4 is 5.73 Å². The van der Waals surface area contributed by atoms with Gasteiger partial charge in [0.25, 0.3) is 0 Å². The van der Waals surface area contributed by atoms with Crippen LogP contribution in [0.25, 0.3) is 0 Å². The number of hydrogen-bond acceptors (Lipinski definition) is 3. The molecule has 2 nitrogen and oxygen atoms in total. The summed E-state index contributed by atoms with van der Waals surface area (Å²) in [6.45, 7) is 12.7. The van der Waals surface area contributed by atoms with E-state index in [4.69, 9.17) is 5.73 Å². The van der Waals surface area contributed by atoms with Crippen LogP contribution in [0.5, 0.6) is 0 Å². The summed E-state index contributed by atoms with van der Waals surface area (Å²) >= 11 is 2.10. The van der Waals surface area contributed by atoms with E-state index < -0.39 is 0 Å². The van der Waals surface area contributed by atoms with Gasteiger partial charge in [0.1, 0.15) is 0 Å². The third kappa shape index (κ3) is 4.00. The molecule has 0 aromatic heterocycles. The van der Waals surface area contributed by atoms with Crippen LogP contribution in [0, 0.1) is 5.41 Å². The summed E-state index contributed by atoms with van der Waals surface area (Å²) in [7, 11) is 0. The lowest BCUT2D eigenvalue weighted by molar-refractivity contribution is 0.150. The van der Waals surface area contributed by atoms with Gasteiger partial charge < -0.3 is 10.6 Å². The van der Waals surface area contributed by atoms with E-state index in [2.05, 4.69) is 74.7 Å². The Bertz CT molecular complexity index is 408. The number of hydrogen-bond donors (Lipinski definition) is 1. The van der Waals surface area contributed by atoms with E-state index >= 15 is 0 Å². The summed E-state index contributed by atoms with van der Waals surface area (Å²) in [5, 5.41) is 1.45. The summed E-state index contributed by atoms with van der Waals surface area (Å²) in [5.41, 5.74) is 7.85. The molecular weight excluding hydrogens is 264 g/mol. The van der Waals surface area contributed by atoms with Gasteiger partial charge in [0.15, 0.2) is 0 Å². The fraction of sp³-hybridized carbons (Fsp3) is 0.647. The molecule has 1 fully saturated rings. The molecular formula is C17H28N2S. The van der Waals surface area contributed by atoms with Crippen molar-refractivity contribution in [1.29, 1.82) is 0 Å². The van der Waals surface area contributed by atoms with Gasteiger partial charge in [-0.25, -0.2) is 0 Å². The third-order valence-electron chi connectivity index (χ3n) is 4.13. The van der Waals surface area contributed by atoms with Crippen molar-refractivity contribution in [2.75, 3.05) is 19.6 Å². The van der Waals surface area contributed by atoms with Gasteiger partial charge in [-0.05, 0) is 11.0 Å². The molecule has 1 aliphatic rings. The Morgan fingerprint density at radius 2 is 1.75 bits per heavy atom. The highest BCUT2D eigenvalue weighted by molar-refractivity contribution is 8.00. The quantitative estimate of drug-likeness (QED) is 0.920. The molecule has 3 heteroatoms. The Morgan fingerprint density at radius 1 is 1.20 bits per heavy atom. The minimum Gasteiger partial charge on any atom is -0.323 e. The van der Waals surface area contributed by atoms with Crippen molar-refractivity contribution in [2.45, 2.75) is 44.2 Å². The molecule has 1 aromatic rings. The number of benzene rings is 1. The predicted molar refractivity (Wildman–Crippen MR) is 90.1 cm³/mol. The van der Waals surface area contributed by atoms with Gasteiger partial charge in [0, 0.05) is 36.2 Å². The van der Waals surface area contributed by atoms with Gasteiger partial charge in [0.05, 0.1) is 0 Å². The minimum atomic E-state index is 0.0861. The fourth-order valence-electron chi connectivity index (χ4n) is 3.20. The van der Waals surface area contributed by atoms with Crippen molar-refractivity contribution in [2.24, 2.45) is 11.1 Å². The average Bonchev–Trinajstić information content (AvgIpc) is 2.37. The standard InChI is InChI=1S/C17H28N2S/c1-13-10-19(11-14(2)20-13)12-17(3,4)16(18)15-8-6-5-7-9-15/h5-9,13-14,16H,10-12,18H2,1-4H3. The average molecular weight is 292 g/mol. The zero-order valence-electron chi connectivity index (χ0n) is 13.2. The third-order valence-corrected chi connectivity index (χ3v) is 5.35. The summed E-state index contributed by atoms with van der Waals surface area (Å²) in [4.78, 5) is 2.59. The maximum Gasteiger partial charge on any atom is 0.0359 e. The SMILES string of the molecule is CC1CN(CC(C)(C)C(N)c2ccccc2)CC(C)S1. The molecule has 0 bridgehead atoms. The van der Waals surface area contributed by atoms with Gasteiger partial charge in [0.2, 0.25) is 0 Å². The van der Waals surface area contributed by atoms with E-state index in [-0.39, 0.29) is 11.5 Å². The second kappa shape index (κ2) is 6.50. The van der Waals surface area contributed by atoms with Gasteiger partial charge in [-0.1, -0.05) is 58.0 Å². The van der Waals surface area contributed by atoms with E-state index in [0.29, 0.717) is 0 Å². The highest BCUT2D eigenvalue weighted by Crippen LogP contribution is 2.34. The molecule has 20 heavy (non-hydrogen) atoms. The topological polar surface area (TPSA) is 29.3 Å². The number of nitrogens with zero attached hydrogens (tertiary/aromatic N) is 1. The van der Waals surface area contributed by atoms with Crippen molar-refractivity contribution in [3.63, 3.8) is 0 Å². The van der Waals surface area contributed by atoms with Crippen LogP contribution in [0.4, 0.5) is 0 Å². The van der Waals surface area contributed by atoms with E-state index in [1.54, 1.807) is 0 Å². The van der Waals surface area contributed by atoms with Crippen LogP contribution in [0.2, 0.25) is 0 Å². The normalized spacial score (nSPS) is 26.4. The Balaban J connectivity index is 2.03. The van der Waals surface area contributed by atoms with Crippen molar-refractivity contribution in [3.05, 3.63) is 35.9 Å². The van der Waals surface area contributed by atoms with Crippen molar-refractivity contribution in [1.82, 2.24) is 4.90 Å². The molecule has 1 aliphatic heterocycles. The molecule has 0 amide bonds. The van der Waals surface area contributed by atoms with E-state index in [1.165, 1.54) is 18.7 Å². The summed E-state index contributed by atoms with van der Waals surface area (Å²) in [6, 6.07) is 10.6. The maximum atomic E-state index is 6.53. The first-order valence-corrected chi connectivity index (χ1v) is 8.51. The summed E-state index contributed by atoms with van der Waals surface area (Å²) < 4.78 is 0. The summed E-state index contributed by atoms with van der Waals surface area (Å²) in [6.07, 6.45) is 0. The number of rotatable bonds is 4. The maximum absolute atomic E-state index is 6.53. The molecule has 0 radical (unpaired) electrons. The minimum absolute atomic E-state index is 0.0861. The molecule has 112 valence electrons. The zero-order chi connectivity index (χ0) is 14.8. The van der Waals surface area contributed by atoms with Crippen LogP contribution in [-0.2, 0) is 0 Å². The molecule has 2 rings (SSSR count). The van der Waals surface area contributed by atoms with Crippen LogP contribution in [-0.4, -0.2) is 35.0 Å². The molecule has 0 spiro atoms. The molecule has 0 saturated carbocycles. The van der Waals surface area contributed by atoms with Gasteiger partial charge in [-0.2, -0.15) is 11.8 Å². The van der Waals surface area contributed by atoms with Gasteiger partial charge in [-0.15, -0.1) is 0 Å². The van der Waals surface area contributed by atoms with E-state index in [1.807, 2.05) is 0 Å². The second-order valence-electron chi connectivity index (χ2n) is 6.83. The van der Waals surface area contributed by atoms with E-state index in [0.717, 1.165) is 17.0 Å². The van der Waals surface area contributed by atoms with Crippen LogP contribution >= 0.6 is 11.8 Å². The van der Waals surface area contributed by atoms with Crippen molar-refractivity contribution in [3.8, 4) is 0 Å². The largest absolute Gasteiger partial charge is 0.323 e. The van der Waals surface area contributed by atoms with Gasteiger partial charge in [-0.3, -0.25) is 0 Å². The second-order valence-corrected chi connectivity index (χ2v) is 8.71. The summed E-state index contributed by atoms with van der Waals surface area (Å²) in [5.74, 6) is 0. The van der Waals surface area contributed by atoms with Crippen molar-refractivity contribution >= 4 is 11.8 Å². The number of thioether (sulfide) groups is 1. The lowest BCUT2D eigenvalue weighted by atomic mass is 9.80. The molecule has 3 unspecified atom stereocenters. The van der Waals surface area contributed by atoms with Crippen LogP contribution in [0.15, 0.2) is 30.3 Å². The highest BCUT2D eigenvalue weighted by atomic mass is 32.2. The Kier molecular flexibility index (Phi) is 5.16. The first-order chi connectivity index (χ1) is 9.38. The van der Waals surface area contributed by atoms with Crippen molar-refractivity contribution < 1.29 is 0 Å². The Labute approximate surface area is 128 Å². The first kappa shape index (κ1) is 15.9. The van der Waals surface area contributed by atoms with Crippen LogP contribution in [0.1, 0.15) is 39.3 Å². The molecule has 2 N–H and O–H groups in total. The monoisotopic (exact) mass is 292 g/mol. The highest BCUT2D eigenvalue weighted by Gasteiger charge is 2.32. The fourth-order valence-corrected chi connectivity index (χ4v) is 4.59. The predicted octanol–water partition coefficient (Wildman–Crippen LogP) is 3.54. The first-order valence-electron chi connectivity index (χ1n) is 7.57. The smallest absolute Gasteiger partial charge is 0.0359 e. The number of nitrogens with two attached hydrogens (primary N) is 1. The Morgan fingerprint density at radius 3 is 2.30 bits per heavy atom. The lowest BCUT2D eigenvalue weighted by Crippen LogP contribution is -2.47. The van der Waals surface area contributed by atoms with Gasteiger partial charge >= 0.3 is 0 Å². The molecule has 1 aromatic carbocycles. The molecule has 3 atom stereocenters. The molecule has 1 heterocycles. The lowest BCUT2D eigenvalue weighted by Gasteiger charge is -2.41. The van der Waals surface area contributed by atoms with Crippen LogP contribution in [0.3, 0.4) is 0 Å². The zero-order valence-corrected chi connectivity index (χ0v) is 14.0. The van der Waals surface area contributed by atoms with E-state index in [9.17, 15) is 0 Å². The Hall–Kier alpha value is -0.510. The molecule has 1 saturated heterocycles. The molecule has 0 aliphatic carbocycles.